The summed E-state index contributed by atoms with van der Waals surface area (Å²) in [5, 5.41) is 0. The van der Waals surface area contributed by atoms with Crippen LogP contribution >= 0.6 is 0 Å². The largest absolute Gasteiger partial charge is 0.460 e. The standard InChI is InChI=1S/C16H22N4O3/c1-16(2,3)23-15(21)20-9-5-6-11(10-20)22-14-18-12-7-4-8-17-13(12)19-14/h4,7-8,11H,5-6,9-10H2,1-3H3,(H,17,18,19)/t11-/m0/s1. The fraction of sp³-hybridized carbons (Fsp3) is 0.562. The van der Waals surface area contributed by atoms with Crippen LogP contribution in [-0.4, -0.2) is 50.7 Å². The molecule has 1 N–H and O–H groups in total. The van der Waals surface area contributed by atoms with Crippen LogP contribution in [0.2, 0.25) is 0 Å². The SMILES string of the molecule is CC(C)(C)OC(=O)N1CCC[C@H](Oc2nc3ncccc3[nH]2)C1. The summed E-state index contributed by atoms with van der Waals surface area (Å²) in [6, 6.07) is 4.18. The Morgan fingerprint density at radius 1 is 1.43 bits per heavy atom. The zero-order chi connectivity index (χ0) is 16.4. The molecule has 0 radical (unpaired) electrons. The topological polar surface area (TPSA) is 80.3 Å². The molecule has 3 heterocycles. The number of likely N-dealkylation sites (tertiary alicyclic amines) is 1. The summed E-state index contributed by atoms with van der Waals surface area (Å²) < 4.78 is 11.3. The zero-order valence-corrected chi connectivity index (χ0v) is 13.7. The molecule has 0 unspecified atom stereocenters. The van der Waals surface area contributed by atoms with E-state index in [2.05, 4.69) is 15.0 Å². The highest BCUT2D eigenvalue weighted by molar-refractivity contribution is 5.70. The first-order valence-corrected chi connectivity index (χ1v) is 7.86. The normalized spacial score (nSPS) is 18.9. The molecular formula is C16H22N4O3. The van der Waals surface area contributed by atoms with E-state index >= 15 is 0 Å². The maximum Gasteiger partial charge on any atom is 0.410 e. The second-order valence-corrected chi connectivity index (χ2v) is 6.72. The van der Waals surface area contributed by atoms with E-state index in [9.17, 15) is 4.79 Å². The van der Waals surface area contributed by atoms with Crippen LogP contribution in [0.3, 0.4) is 0 Å². The fourth-order valence-corrected chi connectivity index (χ4v) is 2.56. The molecule has 124 valence electrons. The molecule has 0 spiro atoms. The van der Waals surface area contributed by atoms with Crippen molar-refractivity contribution in [1.82, 2.24) is 19.9 Å². The lowest BCUT2D eigenvalue weighted by Gasteiger charge is -2.33. The van der Waals surface area contributed by atoms with Gasteiger partial charge in [0.2, 0.25) is 0 Å². The van der Waals surface area contributed by atoms with Crippen LogP contribution in [0.15, 0.2) is 18.3 Å². The van der Waals surface area contributed by atoms with E-state index in [4.69, 9.17) is 9.47 Å². The van der Waals surface area contributed by atoms with E-state index in [0.717, 1.165) is 18.4 Å². The van der Waals surface area contributed by atoms with Gasteiger partial charge in [0.05, 0.1) is 12.1 Å². The highest BCUT2D eigenvalue weighted by Gasteiger charge is 2.29. The van der Waals surface area contributed by atoms with E-state index in [-0.39, 0.29) is 12.2 Å². The van der Waals surface area contributed by atoms with Crippen molar-refractivity contribution in [2.24, 2.45) is 0 Å². The van der Waals surface area contributed by atoms with Gasteiger partial charge in [0.15, 0.2) is 5.65 Å². The van der Waals surface area contributed by atoms with E-state index < -0.39 is 5.60 Å². The van der Waals surface area contributed by atoms with Crippen LogP contribution < -0.4 is 4.74 Å². The molecule has 1 aliphatic rings. The van der Waals surface area contributed by atoms with Crippen LogP contribution in [0.4, 0.5) is 4.79 Å². The maximum absolute atomic E-state index is 12.2. The molecule has 0 bridgehead atoms. The first-order valence-electron chi connectivity index (χ1n) is 7.86. The minimum absolute atomic E-state index is 0.100. The zero-order valence-electron chi connectivity index (χ0n) is 13.7. The van der Waals surface area contributed by atoms with Gasteiger partial charge in [-0.15, -0.1) is 0 Å². The molecule has 7 heteroatoms. The molecule has 0 saturated carbocycles. The predicted octanol–water partition coefficient (Wildman–Crippen LogP) is 2.74. The minimum Gasteiger partial charge on any atom is -0.460 e. The number of aromatic amines is 1. The van der Waals surface area contributed by atoms with Crippen molar-refractivity contribution < 1.29 is 14.3 Å². The Morgan fingerprint density at radius 3 is 3.00 bits per heavy atom. The summed E-state index contributed by atoms with van der Waals surface area (Å²) in [6.07, 6.45) is 3.05. The Bertz CT molecular complexity index is 659. The maximum atomic E-state index is 12.2. The average Bonchev–Trinajstić information content (AvgIpc) is 2.88. The van der Waals surface area contributed by atoms with Gasteiger partial charge in [-0.3, -0.25) is 0 Å². The number of pyridine rings is 1. The fourth-order valence-electron chi connectivity index (χ4n) is 2.56. The molecule has 1 atom stereocenters. The van der Waals surface area contributed by atoms with Crippen LogP contribution in [0, 0.1) is 0 Å². The van der Waals surface area contributed by atoms with Gasteiger partial charge in [-0.2, -0.15) is 4.98 Å². The average molecular weight is 318 g/mol. The lowest BCUT2D eigenvalue weighted by atomic mass is 10.1. The minimum atomic E-state index is -0.491. The van der Waals surface area contributed by atoms with Crippen molar-refractivity contribution in [1.29, 1.82) is 0 Å². The number of H-pyrrole nitrogens is 1. The molecule has 0 aliphatic carbocycles. The van der Waals surface area contributed by atoms with Crippen LogP contribution in [0.5, 0.6) is 6.01 Å². The van der Waals surface area contributed by atoms with Gasteiger partial charge >= 0.3 is 6.09 Å². The van der Waals surface area contributed by atoms with Gasteiger partial charge in [0.25, 0.3) is 6.01 Å². The van der Waals surface area contributed by atoms with Crippen molar-refractivity contribution in [3.05, 3.63) is 18.3 Å². The number of nitrogens with zero attached hydrogens (tertiary/aromatic N) is 3. The number of rotatable bonds is 2. The first-order chi connectivity index (χ1) is 10.9. The number of carbonyl (C=O) groups is 1. The number of fused-ring (bicyclic) bond motifs is 1. The number of piperidine rings is 1. The number of hydrogen-bond acceptors (Lipinski definition) is 5. The number of carbonyl (C=O) groups excluding carboxylic acids is 1. The summed E-state index contributed by atoms with van der Waals surface area (Å²) in [4.78, 5) is 25.4. The number of imidazole rings is 1. The van der Waals surface area contributed by atoms with E-state index in [1.54, 1.807) is 11.1 Å². The summed E-state index contributed by atoms with van der Waals surface area (Å²) in [6.45, 7) is 6.79. The van der Waals surface area contributed by atoms with Crippen molar-refractivity contribution in [3.8, 4) is 6.01 Å². The molecule has 1 fully saturated rings. The number of aromatic nitrogens is 3. The summed E-state index contributed by atoms with van der Waals surface area (Å²) >= 11 is 0. The number of amides is 1. The molecule has 3 rings (SSSR count). The van der Waals surface area contributed by atoms with Gasteiger partial charge in [0, 0.05) is 12.7 Å². The second-order valence-electron chi connectivity index (χ2n) is 6.72. The van der Waals surface area contributed by atoms with Gasteiger partial charge < -0.3 is 19.4 Å². The lowest BCUT2D eigenvalue weighted by molar-refractivity contribution is 0.00675. The lowest BCUT2D eigenvalue weighted by Crippen LogP contribution is -2.46. The van der Waals surface area contributed by atoms with Crippen LogP contribution in [-0.2, 0) is 4.74 Å². The van der Waals surface area contributed by atoms with Gasteiger partial charge in [-0.1, -0.05) is 0 Å². The Labute approximate surface area is 135 Å². The third-order valence-corrected chi connectivity index (χ3v) is 3.54. The molecule has 2 aromatic heterocycles. The van der Waals surface area contributed by atoms with Crippen molar-refractivity contribution in [3.63, 3.8) is 0 Å². The predicted molar refractivity (Wildman–Crippen MR) is 85.3 cm³/mol. The highest BCUT2D eigenvalue weighted by Crippen LogP contribution is 2.20. The monoisotopic (exact) mass is 318 g/mol. The van der Waals surface area contributed by atoms with Gasteiger partial charge in [-0.05, 0) is 45.7 Å². The third kappa shape index (κ3) is 3.91. The van der Waals surface area contributed by atoms with Gasteiger partial charge in [-0.25, -0.2) is 9.78 Å². The second kappa shape index (κ2) is 6.06. The van der Waals surface area contributed by atoms with E-state index in [1.165, 1.54) is 0 Å². The molecule has 1 aliphatic heterocycles. The summed E-state index contributed by atoms with van der Waals surface area (Å²) in [5.41, 5.74) is 0.972. The third-order valence-electron chi connectivity index (χ3n) is 3.54. The van der Waals surface area contributed by atoms with Crippen molar-refractivity contribution in [2.45, 2.75) is 45.3 Å². The molecular weight excluding hydrogens is 296 g/mol. The van der Waals surface area contributed by atoms with E-state index in [0.29, 0.717) is 24.7 Å². The Hall–Kier alpha value is -2.31. The molecule has 7 nitrogen and oxygen atoms in total. The molecule has 23 heavy (non-hydrogen) atoms. The van der Waals surface area contributed by atoms with E-state index in [1.807, 2.05) is 32.9 Å². The summed E-state index contributed by atoms with van der Waals surface area (Å²) in [7, 11) is 0. The number of ether oxygens (including phenoxy) is 2. The number of hydrogen-bond donors (Lipinski definition) is 1. The quantitative estimate of drug-likeness (QED) is 0.921. The summed E-state index contributed by atoms with van der Waals surface area (Å²) in [5.74, 6) is 0. The molecule has 2 aromatic rings. The molecule has 0 aromatic carbocycles. The number of nitrogens with one attached hydrogen (secondary N) is 1. The smallest absolute Gasteiger partial charge is 0.410 e. The van der Waals surface area contributed by atoms with Crippen LogP contribution in [0.1, 0.15) is 33.6 Å². The Balaban J connectivity index is 1.63. The van der Waals surface area contributed by atoms with Crippen molar-refractivity contribution in [2.75, 3.05) is 13.1 Å². The Kier molecular flexibility index (Phi) is 4.11. The highest BCUT2D eigenvalue weighted by atomic mass is 16.6. The van der Waals surface area contributed by atoms with Crippen LogP contribution in [0.25, 0.3) is 11.2 Å². The van der Waals surface area contributed by atoms with Crippen molar-refractivity contribution >= 4 is 17.3 Å². The first kappa shape index (κ1) is 15.6. The van der Waals surface area contributed by atoms with Gasteiger partial charge in [0.1, 0.15) is 11.7 Å². The molecule has 1 saturated heterocycles. The Morgan fingerprint density at radius 2 is 2.26 bits per heavy atom. The molecule has 1 amide bonds.